The maximum atomic E-state index is 8.86. The van der Waals surface area contributed by atoms with Gasteiger partial charge in [0.15, 0.2) is 0 Å². The predicted octanol–water partition coefficient (Wildman–Crippen LogP) is 2.40. The van der Waals surface area contributed by atoms with Crippen LogP contribution in [-0.4, -0.2) is 18.3 Å². The highest BCUT2D eigenvalue weighted by atomic mass is 32.2. The molecule has 0 aliphatic carbocycles. The SMILES string of the molecule is CCCNC(C#N)CSCc1ccco1. The van der Waals surface area contributed by atoms with Gasteiger partial charge in [-0.1, -0.05) is 6.92 Å². The monoisotopic (exact) mass is 224 g/mol. The average molecular weight is 224 g/mol. The highest BCUT2D eigenvalue weighted by molar-refractivity contribution is 7.98. The zero-order valence-electron chi connectivity index (χ0n) is 8.90. The van der Waals surface area contributed by atoms with Gasteiger partial charge < -0.3 is 9.73 Å². The van der Waals surface area contributed by atoms with Crippen LogP contribution in [0.2, 0.25) is 0 Å². The van der Waals surface area contributed by atoms with Crippen molar-refractivity contribution in [1.82, 2.24) is 5.32 Å². The Balaban J connectivity index is 2.15. The van der Waals surface area contributed by atoms with Gasteiger partial charge in [-0.25, -0.2) is 0 Å². The molecule has 1 heterocycles. The van der Waals surface area contributed by atoms with E-state index in [-0.39, 0.29) is 6.04 Å². The van der Waals surface area contributed by atoms with E-state index in [1.54, 1.807) is 18.0 Å². The van der Waals surface area contributed by atoms with Crippen molar-refractivity contribution in [3.63, 3.8) is 0 Å². The van der Waals surface area contributed by atoms with Crippen LogP contribution in [0.4, 0.5) is 0 Å². The molecule has 1 atom stereocenters. The summed E-state index contributed by atoms with van der Waals surface area (Å²) in [6, 6.07) is 6.04. The molecule has 1 N–H and O–H groups in total. The Morgan fingerprint density at radius 1 is 1.67 bits per heavy atom. The topological polar surface area (TPSA) is 49.0 Å². The normalized spacial score (nSPS) is 12.3. The summed E-state index contributed by atoms with van der Waals surface area (Å²) in [6.07, 6.45) is 2.73. The lowest BCUT2D eigenvalue weighted by Crippen LogP contribution is -2.30. The van der Waals surface area contributed by atoms with Gasteiger partial charge in [0.25, 0.3) is 0 Å². The van der Waals surface area contributed by atoms with Crippen molar-refractivity contribution < 1.29 is 4.42 Å². The standard InChI is InChI=1S/C11H16N2OS/c1-2-5-13-10(7-12)8-15-9-11-4-3-6-14-11/h3-4,6,10,13H,2,5,8-9H2,1H3. The quantitative estimate of drug-likeness (QED) is 0.772. The molecule has 1 aromatic rings. The van der Waals surface area contributed by atoms with Crippen molar-refractivity contribution in [2.45, 2.75) is 25.1 Å². The Kier molecular flexibility index (Phi) is 5.98. The smallest absolute Gasteiger partial charge is 0.113 e. The van der Waals surface area contributed by atoms with E-state index in [4.69, 9.17) is 9.68 Å². The molecule has 1 unspecified atom stereocenters. The van der Waals surface area contributed by atoms with E-state index >= 15 is 0 Å². The van der Waals surface area contributed by atoms with E-state index in [0.717, 1.165) is 30.2 Å². The summed E-state index contributed by atoms with van der Waals surface area (Å²) in [6.45, 7) is 3.00. The Labute approximate surface area is 94.8 Å². The van der Waals surface area contributed by atoms with Gasteiger partial charge in [-0.2, -0.15) is 17.0 Å². The molecule has 0 radical (unpaired) electrons. The van der Waals surface area contributed by atoms with Crippen LogP contribution in [0.1, 0.15) is 19.1 Å². The number of hydrogen-bond acceptors (Lipinski definition) is 4. The molecule has 0 saturated heterocycles. The van der Waals surface area contributed by atoms with Crippen LogP contribution in [0, 0.1) is 11.3 Å². The third-order valence-corrected chi connectivity index (χ3v) is 2.96. The van der Waals surface area contributed by atoms with Gasteiger partial charge in [0.05, 0.1) is 18.1 Å². The van der Waals surface area contributed by atoms with Crippen LogP contribution in [0.15, 0.2) is 22.8 Å². The molecular weight excluding hydrogens is 208 g/mol. The lowest BCUT2D eigenvalue weighted by atomic mass is 10.3. The molecule has 0 saturated carbocycles. The van der Waals surface area contributed by atoms with Crippen LogP contribution in [0.5, 0.6) is 0 Å². The maximum Gasteiger partial charge on any atom is 0.113 e. The number of nitriles is 1. The highest BCUT2D eigenvalue weighted by Gasteiger charge is 2.06. The summed E-state index contributed by atoms with van der Waals surface area (Å²) in [5.74, 6) is 2.60. The second-order valence-corrected chi connectivity index (χ2v) is 4.26. The Hall–Kier alpha value is -0.920. The zero-order chi connectivity index (χ0) is 10.9. The van der Waals surface area contributed by atoms with Crippen molar-refractivity contribution in [1.29, 1.82) is 5.26 Å². The molecule has 1 aromatic heterocycles. The maximum absolute atomic E-state index is 8.86. The number of nitrogens with zero attached hydrogens (tertiary/aromatic N) is 1. The lowest BCUT2D eigenvalue weighted by Gasteiger charge is -2.09. The summed E-state index contributed by atoms with van der Waals surface area (Å²) in [7, 11) is 0. The fourth-order valence-electron chi connectivity index (χ4n) is 1.13. The van der Waals surface area contributed by atoms with Gasteiger partial charge >= 0.3 is 0 Å². The van der Waals surface area contributed by atoms with Crippen LogP contribution in [-0.2, 0) is 5.75 Å². The first-order valence-corrected chi connectivity index (χ1v) is 6.25. The fourth-order valence-corrected chi connectivity index (χ4v) is 2.04. The third-order valence-electron chi connectivity index (χ3n) is 1.91. The van der Waals surface area contributed by atoms with Crippen molar-refractivity contribution in [3.8, 4) is 6.07 Å². The molecule has 1 rings (SSSR count). The first-order valence-electron chi connectivity index (χ1n) is 5.10. The minimum Gasteiger partial charge on any atom is -0.468 e. The molecule has 3 nitrogen and oxygen atoms in total. The first-order chi connectivity index (χ1) is 7.36. The van der Waals surface area contributed by atoms with Gasteiger partial charge in [-0.15, -0.1) is 0 Å². The number of thioether (sulfide) groups is 1. The fraction of sp³-hybridized carbons (Fsp3) is 0.545. The first kappa shape index (κ1) is 12.2. The molecule has 15 heavy (non-hydrogen) atoms. The molecule has 0 spiro atoms. The highest BCUT2D eigenvalue weighted by Crippen LogP contribution is 2.13. The molecule has 0 amide bonds. The van der Waals surface area contributed by atoms with E-state index in [1.165, 1.54) is 0 Å². The van der Waals surface area contributed by atoms with Gasteiger partial charge in [0.2, 0.25) is 0 Å². The predicted molar refractivity (Wildman–Crippen MR) is 62.6 cm³/mol. The number of hydrogen-bond donors (Lipinski definition) is 1. The van der Waals surface area contributed by atoms with Crippen LogP contribution >= 0.6 is 11.8 Å². The van der Waals surface area contributed by atoms with E-state index in [0.29, 0.717) is 0 Å². The van der Waals surface area contributed by atoms with Crippen molar-refractivity contribution >= 4 is 11.8 Å². The minimum atomic E-state index is -0.0510. The molecule has 0 aromatic carbocycles. The second-order valence-electron chi connectivity index (χ2n) is 3.23. The Morgan fingerprint density at radius 3 is 3.13 bits per heavy atom. The van der Waals surface area contributed by atoms with E-state index in [2.05, 4.69) is 18.3 Å². The van der Waals surface area contributed by atoms with Crippen molar-refractivity contribution in [2.75, 3.05) is 12.3 Å². The minimum absolute atomic E-state index is 0.0510. The van der Waals surface area contributed by atoms with Crippen LogP contribution < -0.4 is 5.32 Å². The van der Waals surface area contributed by atoms with Crippen molar-refractivity contribution in [2.24, 2.45) is 0 Å². The van der Waals surface area contributed by atoms with Crippen LogP contribution in [0.25, 0.3) is 0 Å². The van der Waals surface area contributed by atoms with E-state index in [9.17, 15) is 0 Å². The number of furan rings is 1. The molecular formula is C11H16N2OS. The van der Waals surface area contributed by atoms with Crippen LogP contribution in [0.3, 0.4) is 0 Å². The lowest BCUT2D eigenvalue weighted by molar-refractivity contribution is 0.530. The number of rotatable bonds is 7. The number of nitrogens with one attached hydrogen (secondary N) is 1. The molecule has 0 aliphatic rings. The summed E-state index contributed by atoms with van der Waals surface area (Å²) in [4.78, 5) is 0. The third kappa shape index (κ3) is 4.91. The summed E-state index contributed by atoms with van der Waals surface area (Å²) in [5.41, 5.74) is 0. The van der Waals surface area contributed by atoms with Gasteiger partial charge in [-0.3, -0.25) is 0 Å². The Morgan fingerprint density at radius 2 is 2.53 bits per heavy atom. The molecule has 82 valence electrons. The zero-order valence-corrected chi connectivity index (χ0v) is 9.72. The molecule has 4 heteroatoms. The van der Waals surface area contributed by atoms with E-state index < -0.39 is 0 Å². The van der Waals surface area contributed by atoms with Crippen molar-refractivity contribution in [3.05, 3.63) is 24.2 Å². The molecule has 0 bridgehead atoms. The van der Waals surface area contributed by atoms with Gasteiger partial charge in [-0.05, 0) is 25.1 Å². The molecule has 0 aliphatic heterocycles. The summed E-state index contributed by atoms with van der Waals surface area (Å²) < 4.78 is 5.21. The van der Waals surface area contributed by atoms with E-state index in [1.807, 2.05) is 12.1 Å². The largest absolute Gasteiger partial charge is 0.468 e. The van der Waals surface area contributed by atoms with Gasteiger partial charge in [0.1, 0.15) is 11.8 Å². The average Bonchev–Trinajstić information content (AvgIpc) is 2.76. The summed E-state index contributed by atoms with van der Waals surface area (Å²) in [5, 5.41) is 12.0. The summed E-state index contributed by atoms with van der Waals surface area (Å²) >= 11 is 1.72. The Bertz CT molecular complexity index is 292. The molecule has 0 fully saturated rings. The second kappa shape index (κ2) is 7.38. The van der Waals surface area contributed by atoms with Gasteiger partial charge in [0, 0.05) is 5.75 Å².